The van der Waals surface area contributed by atoms with Gasteiger partial charge in [0.05, 0.1) is 11.7 Å². The molecule has 1 unspecified atom stereocenters. The number of nitrogens with zero attached hydrogens (tertiary/aromatic N) is 5. The predicted molar refractivity (Wildman–Crippen MR) is 127 cm³/mol. The summed E-state index contributed by atoms with van der Waals surface area (Å²) in [6.45, 7) is 0.657. The Morgan fingerprint density at radius 2 is 1.73 bits per heavy atom. The number of nitrogens with one attached hydrogen (secondary N) is 1. The second-order valence-electron chi connectivity index (χ2n) is 7.95. The molecule has 0 spiro atoms. The molecule has 0 radical (unpaired) electrons. The summed E-state index contributed by atoms with van der Waals surface area (Å²) in [5, 5.41) is 3.39. The minimum absolute atomic E-state index is 0.0872. The van der Waals surface area contributed by atoms with Gasteiger partial charge in [-0.15, -0.1) is 0 Å². The number of piperidine rings is 1. The topological polar surface area (TPSA) is 83.9 Å². The van der Waals surface area contributed by atoms with Gasteiger partial charge in [-0.3, -0.25) is 14.8 Å². The monoisotopic (exact) mass is 436 g/mol. The van der Waals surface area contributed by atoms with Crippen molar-refractivity contribution in [3.05, 3.63) is 96.8 Å². The highest BCUT2D eigenvalue weighted by Crippen LogP contribution is 2.32. The molecule has 7 nitrogen and oxygen atoms in total. The van der Waals surface area contributed by atoms with Crippen molar-refractivity contribution in [2.24, 2.45) is 0 Å². The van der Waals surface area contributed by atoms with Gasteiger partial charge >= 0.3 is 0 Å². The van der Waals surface area contributed by atoms with Gasteiger partial charge in [-0.05, 0) is 55.7 Å². The van der Waals surface area contributed by atoms with Crippen LogP contribution in [0.15, 0.2) is 85.3 Å². The third-order valence-corrected chi connectivity index (χ3v) is 5.71. The highest BCUT2D eigenvalue weighted by Gasteiger charge is 2.31. The molecule has 4 heterocycles. The molecule has 1 aliphatic heterocycles. The molecule has 1 fully saturated rings. The molecule has 1 amide bonds. The van der Waals surface area contributed by atoms with Crippen molar-refractivity contribution >= 4 is 17.4 Å². The number of carbonyl (C=O) groups is 1. The van der Waals surface area contributed by atoms with Gasteiger partial charge in [0, 0.05) is 42.5 Å². The van der Waals surface area contributed by atoms with E-state index in [0.717, 1.165) is 36.2 Å². The number of para-hydroxylation sites is 1. The predicted octanol–water partition coefficient (Wildman–Crippen LogP) is 5.04. The molecule has 0 saturated carbocycles. The molecule has 7 heteroatoms. The summed E-state index contributed by atoms with van der Waals surface area (Å²) in [6, 6.07) is 20.9. The Hall–Kier alpha value is -4.13. The molecule has 1 saturated heterocycles. The average Bonchev–Trinajstić information content (AvgIpc) is 2.90. The lowest BCUT2D eigenvalue weighted by Crippen LogP contribution is -2.39. The average molecular weight is 437 g/mol. The van der Waals surface area contributed by atoms with Crippen molar-refractivity contribution in [1.82, 2.24) is 24.8 Å². The summed E-state index contributed by atoms with van der Waals surface area (Å²) in [6.07, 6.45) is 7.92. The summed E-state index contributed by atoms with van der Waals surface area (Å²) in [5.74, 6) is 1.23. The van der Waals surface area contributed by atoms with E-state index in [1.165, 1.54) is 0 Å². The lowest BCUT2D eigenvalue weighted by molar-refractivity contribution is 0.0594. The van der Waals surface area contributed by atoms with E-state index in [4.69, 9.17) is 9.97 Å². The first-order valence-electron chi connectivity index (χ1n) is 11.1. The van der Waals surface area contributed by atoms with Crippen molar-refractivity contribution < 1.29 is 4.79 Å². The van der Waals surface area contributed by atoms with Gasteiger partial charge in [-0.1, -0.05) is 24.3 Å². The Kier molecular flexibility index (Phi) is 6.01. The number of benzene rings is 1. The van der Waals surface area contributed by atoms with E-state index in [0.29, 0.717) is 23.9 Å². The van der Waals surface area contributed by atoms with E-state index < -0.39 is 0 Å². The van der Waals surface area contributed by atoms with E-state index >= 15 is 0 Å². The highest BCUT2D eigenvalue weighted by molar-refractivity contribution is 5.92. The van der Waals surface area contributed by atoms with Crippen LogP contribution >= 0.6 is 0 Å². The highest BCUT2D eigenvalue weighted by atomic mass is 16.2. The van der Waals surface area contributed by atoms with Crippen LogP contribution in [-0.4, -0.2) is 37.3 Å². The summed E-state index contributed by atoms with van der Waals surface area (Å²) < 4.78 is 0. The number of likely N-dealkylation sites (tertiary alicyclic amines) is 1. The maximum absolute atomic E-state index is 13.3. The largest absolute Gasteiger partial charge is 0.340 e. The number of aromatic nitrogens is 4. The fourth-order valence-electron chi connectivity index (χ4n) is 4.10. The third kappa shape index (κ3) is 4.72. The number of hydrogen-bond acceptors (Lipinski definition) is 6. The lowest BCUT2D eigenvalue weighted by Gasteiger charge is -2.34. The number of pyridine rings is 2. The van der Waals surface area contributed by atoms with Crippen LogP contribution in [0, 0.1) is 0 Å². The smallest absolute Gasteiger partial charge is 0.273 e. The van der Waals surface area contributed by atoms with Crippen molar-refractivity contribution in [2.75, 3.05) is 11.9 Å². The van der Waals surface area contributed by atoms with Crippen molar-refractivity contribution in [3.63, 3.8) is 0 Å². The summed E-state index contributed by atoms with van der Waals surface area (Å²) in [7, 11) is 0. The molecule has 0 aliphatic carbocycles. The molecule has 5 rings (SSSR count). The van der Waals surface area contributed by atoms with E-state index in [1.807, 2.05) is 65.6 Å². The Morgan fingerprint density at radius 3 is 2.52 bits per heavy atom. The van der Waals surface area contributed by atoms with Gasteiger partial charge in [0.1, 0.15) is 11.5 Å². The van der Waals surface area contributed by atoms with Gasteiger partial charge in [0.2, 0.25) is 0 Å². The molecule has 3 aromatic heterocycles. The zero-order chi connectivity index (χ0) is 22.5. The van der Waals surface area contributed by atoms with E-state index in [-0.39, 0.29) is 11.9 Å². The van der Waals surface area contributed by atoms with Gasteiger partial charge < -0.3 is 10.2 Å². The van der Waals surface area contributed by atoms with Crippen LogP contribution in [0.5, 0.6) is 0 Å². The fourth-order valence-corrected chi connectivity index (χ4v) is 4.10. The summed E-state index contributed by atoms with van der Waals surface area (Å²) in [5.41, 5.74) is 3.12. The van der Waals surface area contributed by atoms with E-state index in [1.54, 1.807) is 24.7 Å². The SMILES string of the molecule is O=C(c1ccccn1)N1CCCCC1c1nc(Nc2ccccc2)cc(-c2ccncc2)n1. The molecule has 4 aromatic rings. The van der Waals surface area contributed by atoms with Gasteiger partial charge in [0.25, 0.3) is 5.91 Å². The number of hydrogen-bond donors (Lipinski definition) is 1. The molecule has 1 atom stereocenters. The van der Waals surface area contributed by atoms with Crippen LogP contribution < -0.4 is 5.32 Å². The molecule has 0 bridgehead atoms. The van der Waals surface area contributed by atoms with Crippen molar-refractivity contribution in [2.45, 2.75) is 25.3 Å². The van der Waals surface area contributed by atoms with Gasteiger partial charge in [-0.25, -0.2) is 9.97 Å². The molecular formula is C26H24N6O. The molecule has 1 aliphatic rings. The molecule has 1 aromatic carbocycles. The first-order chi connectivity index (χ1) is 16.3. The van der Waals surface area contributed by atoms with Crippen LogP contribution in [0.1, 0.15) is 41.6 Å². The minimum Gasteiger partial charge on any atom is -0.340 e. The number of anilines is 2. The van der Waals surface area contributed by atoms with Crippen LogP contribution in [0.2, 0.25) is 0 Å². The fraction of sp³-hybridized carbons (Fsp3) is 0.192. The van der Waals surface area contributed by atoms with Gasteiger partial charge in [0.15, 0.2) is 5.82 Å². The standard InChI is InChI=1S/C26H24N6O/c33-26(21-10-4-6-14-28-21)32-17-7-5-11-23(32)25-30-22(19-12-15-27-16-13-19)18-24(31-25)29-20-8-2-1-3-9-20/h1-4,6,8-10,12-16,18,23H,5,7,11,17H2,(H,29,30,31). The van der Waals surface area contributed by atoms with Crippen molar-refractivity contribution in [1.29, 1.82) is 0 Å². The first-order valence-corrected chi connectivity index (χ1v) is 11.1. The van der Waals surface area contributed by atoms with Crippen molar-refractivity contribution in [3.8, 4) is 11.3 Å². The second kappa shape index (κ2) is 9.56. The van der Waals surface area contributed by atoms with E-state index in [9.17, 15) is 4.79 Å². The molecular weight excluding hydrogens is 412 g/mol. The maximum Gasteiger partial charge on any atom is 0.273 e. The normalized spacial score (nSPS) is 15.8. The summed E-state index contributed by atoms with van der Waals surface area (Å²) in [4.78, 5) is 33.3. The zero-order valence-electron chi connectivity index (χ0n) is 18.1. The Bertz CT molecular complexity index is 1220. The Morgan fingerprint density at radius 1 is 0.909 bits per heavy atom. The number of amides is 1. The lowest BCUT2D eigenvalue weighted by atomic mass is 10.0. The maximum atomic E-state index is 13.3. The van der Waals surface area contributed by atoms with Crippen LogP contribution in [0.3, 0.4) is 0 Å². The number of carbonyl (C=O) groups excluding carboxylic acids is 1. The van der Waals surface area contributed by atoms with Crippen LogP contribution in [0.25, 0.3) is 11.3 Å². The molecule has 164 valence electrons. The molecule has 33 heavy (non-hydrogen) atoms. The zero-order valence-corrected chi connectivity index (χ0v) is 18.1. The minimum atomic E-state index is -0.216. The van der Waals surface area contributed by atoms with E-state index in [2.05, 4.69) is 15.3 Å². The summed E-state index contributed by atoms with van der Waals surface area (Å²) >= 11 is 0. The van der Waals surface area contributed by atoms with Crippen LogP contribution in [0.4, 0.5) is 11.5 Å². The second-order valence-corrected chi connectivity index (χ2v) is 7.95. The Balaban J connectivity index is 1.55. The quantitative estimate of drug-likeness (QED) is 0.472. The Labute approximate surface area is 192 Å². The van der Waals surface area contributed by atoms with Gasteiger partial charge in [-0.2, -0.15) is 0 Å². The molecule has 1 N–H and O–H groups in total. The first kappa shape index (κ1) is 20.8. The third-order valence-electron chi connectivity index (χ3n) is 5.71. The van der Waals surface area contributed by atoms with Crippen LogP contribution in [-0.2, 0) is 0 Å². The number of rotatable bonds is 5.